The molecular formula is C8H8O3. The first-order chi connectivity index (χ1) is 5.22. The second-order valence-corrected chi connectivity index (χ2v) is 3.88. The van der Waals surface area contributed by atoms with Gasteiger partial charge in [0.1, 0.15) is 5.78 Å². The SMILES string of the molecule is O=C(O)[C@@H]1[C@@H]2[C@@H]3C[C@@H]1C(=O)[C@H]32. The van der Waals surface area contributed by atoms with Crippen molar-refractivity contribution in [3.05, 3.63) is 0 Å². The van der Waals surface area contributed by atoms with Gasteiger partial charge in [0.15, 0.2) is 0 Å². The molecule has 4 bridgehead atoms. The van der Waals surface area contributed by atoms with Crippen LogP contribution in [0.2, 0.25) is 0 Å². The lowest BCUT2D eigenvalue weighted by molar-refractivity contribution is -0.144. The first kappa shape index (κ1) is 5.75. The number of carbonyl (C=O) groups excluding carboxylic acids is 1. The number of hydrogen-bond acceptors (Lipinski definition) is 2. The van der Waals surface area contributed by atoms with Crippen molar-refractivity contribution in [1.82, 2.24) is 0 Å². The highest BCUT2D eigenvalue weighted by Gasteiger charge is 2.75. The van der Waals surface area contributed by atoms with Gasteiger partial charge in [0.2, 0.25) is 0 Å². The maximum Gasteiger partial charge on any atom is 0.307 e. The minimum atomic E-state index is -0.754. The molecule has 0 aromatic heterocycles. The van der Waals surface area contributed by atoms with E-state index in [4.69, 9.17) is 5.11 Å². The van der Waals surface area contributed by atoms with Crippen molar-refractivity contribution in [3.8, 4) is 0 Å². The zero-order valence-corrected chi connectivity index (χ0v) is 5.86. The van der Waals surface area contributed by atoms with Crippen LogP contribution in [0.5, 0.6) is 0 Å². The van der Waals surface area contributed by atoms with Crippen LogP contribution in [-0.2, 0) is 9.59 Å². The van der Waals surface area contributed by atoms with Gasteiger partial charge in [-0.15, -0.1) is 0 Å². The lowest BCUT2D eigenvalue weighted by Gasteiger charge is -2.05. The number of hydrogen-bond donors (Lipinski definition) is 1. The van der Waals surface area contributed by atoms with Crippen molar-refractivity contribution in [3.63, 3.8) is 0 Å². The van der Waals surface area contributed by atoms with Gasteiger partial charge in [0.05, 0.1) is 5.92 Å². The van der Waals surface area contributed by atoms with E-state index in [1.165, 1.54) is 0 Å². The van der Waals surface area contributed by atoms with Gasteiger partial charge in [-0.3, -0.25) is 9.59 Å². The van der Waals surface area contributed by atoms with Crippen LogP contribution in [0.3, 0.4) is 0 Å². The van der Waals surface area contributed by atoms with Gasteiger partial charge >= 0.3 is 5.97 Å². The summed E-state index contributed by atoms with van der Waals surface area (Å²) >= 11 is 0. The molecule has 5 atom stereocenters. The van der Waals surface area contributed by atoms with Crippen LogP contribution in [0.25, 0.3) is 0 Å². The summed E-state index contributed by atoms with van der Waals surface area (Å²) in [7, 11) is 0. The van der Waals surface area contributed by atoms with E-state index in [-0.39, 0.29) is 29.5 Å². The monoisotopic (exact) mass is 152 g/mol. The molecular weight excluding hydrogens is 144 g/mol. The Morgan fingerprint density at radius 2 is 2.27 bits per heavy atom. The molecule has 4 saturated carbocycles. The minimum absolute atomic E-state index is 0.104. The predicted octanol–water partition coefficient (Wildman–Crippen LogP) is 0.152. The number of Topliss-reactive ketones (excluding diaryl/α,β-unsaturated/α-hetero) is 1. The fourth-order valence-electron chi connectivity index (χ4n) is 3.18. The molecule has 0 unspecified atom stereocenters. The minimum Gasteiger partial charge on any atom is -0.481 e. The maximum absolute atomic E-state index is 11.2. The maximum atomic E-state index is 11.2. The first-order valence-corrected chi connectivity index (χ1v) is 3.98. The summed E-state index contributed by atoms with van der Waals surface area (Å²) in [5, 5.41) is 8.77. The average molecular weight is 152 g/mol. The van der Waals surface area contributed by atoms with E-state index in [0.717, 1.165) is 6.42 Å². The molecule has 1 N–H and O–H groups in total. The zero-order valence-electron chi connectivity index (χ0n) is 5.86. The lowest BCUT2D eigenvalue weighted by atomic mass is 9.98. The molecule has 4 aliphatic rings. The molecule has 0 amide bonds. The summed E-state index contributed by atoms with van der Waals surface area (Å²) in [6.07, 6.45) is 0.866. The third kappa shape index (κ3) is 0.424. The zero-order chi connectivity index (χ0) is 7.75. The van der Waals surface area contributed by atoms with Crippen LogP contribution in [-0.4, -0.2) is 16.9 Å². The highest BCUT2D eigenvalue weighted by molar-refractivity contribution is 5.98. The van der Waals surface area contributed by atoms with Gasteiger partial charge in [0.25, 0.3) is 0 Å². The third-order valence-electron chi connectivity index (χ3n) is 3.58. The molecule has 3 heteroatoms. The number of ketones is 1. The molecule has 4 fully saturated rings. The van der Waals surface area contributed by atoms with Gasteiger partial charge in [0, 0.05) is 11.8 Å². The first-order valence-electron chi connectivity index (χ1n) is 3.98. The van der Waals surface area contributed by atoms with E-state index in [1.807, 2.05) is 0 Å². The van der Waals surface area contributed by atoms with E-state index in [2.05, 4.69) is 0 Å². The molecule has 0 saturated heterocycles. The van der Waals surface area contributed by atoms with Crippen LogP contribution >= 0.6 is 0 Å². The Labute approximate surface area is 63.4 Å². The van der Waals surface area contributed by atoms with E-state index >= 15 is 0 Å². The normalized spacial score (nSPS) is 56.7. The van der Waals surface area contributed by atoms with E-state index in [0.29, 0.717) is 5.92 Å². The lowest BCUT2D eigenvalue weighted by Crippen LogP contribution is -2.19. The molecule has 0 aromatic rings. The van der Waals surface area contributed by atoms with Gasteiger partial charge in [-0.1, -0.05) is 0 Å². The van der Waals surface area contributed by atoms with Crippen molar-refractivity contribution in [1.29, 1.82) is 0 Å². The van der Waals surface area contributed by atoms with Crippen molar-refractivity contribution in [2.24, 2.45) is 29.6 Å². The topological polar surface area (TPSA) is 54.4 Å². The summed E-state index contributed by atoms with van der Waals surface area (Å²) in [5.74, 6) is -0.0482. The molecule has 58 valence electrons. The number of carbonyl (C=O) groups is 2. The second kappa shape index (κ2) is 1.36. The summed E-state index contributed by atoms with van der Waals surface area (Å²) < 4.78 is 0. The van der Waals surface area contributed by atoms with Gasteiger partial charge in [-0.05, 0) is 18.3 Å². The van der Waals surface area contributed by atoms with Crippen LogP contribution in [0, 0.1) is 29.6 Å². The number of carboxylic acid groups (broad SMARTS) is 1. The molecule has 4 rings (SSSR count). The predicted molar refractivity (Wildman–Crippen MR) is 34.7 cm³/mol. The molecule has 0 aliphatic heterocycles. The number of aliphatic carboxylic acids is 1. The van der Waals surface area contributed by atoms with Crippen molar-refractivity contribution in [2.45, 2.75) is 6.42 Å². The summed E-state index contributed by atoms with van der Waals surface area (Å²) in [6, 6.07) is 0. The smallest absolute Gasteiger partial charge is 0.307 e. The number of rotatable bonds is 1. The molecule has 0 radical (unpaired) electrons. The Balaban J connectivity index is 2.03. The Morgan fingerprint density at radius 3 is 2.45 bits per heavy atom. The molecule has 3 nitrogen and oxygen atoms in total. The summed E-state index contributed by atoms with van der Waals surface area (Å²) in [6.45, 7) is 0. The summed E-state index contributed by atoms with van der Waals surface area (Å²) in [4.78, 5) is 21.9. The Bertz CT molecular complexity index is 271. The molecule has 0 spiro atoms. The van der Waals surface area contributed by atoms with Gasteiger partial charge < -0.3 is 5.11 Å². The standard InChI is InChI=1S/C8H8O3/c9-7-3-1-2-4(5(2)7)6(3)8(10)11/h2-6H,1H2,(H,10,11)/t2-,3-,4+,5+,6-/m0/s1. The van der Waals surface area contributed by atoms with Crippen molar-refractivity contribution in [2.75, 3.05) is 0 Å². The van der Waals surface area contributed by atoms with Gasteiger partial charge in [-0.2, -0.15) is 0 Å². The van der Waals surface area contributed by atoms with Crippen LogP contribution in [0.4, 0.5) is 0 Å². The Morgan fingerprint density at radius 1 is 1.55 bits per heavy atom. The van der Waals surface area contributed by atoms with Gasteiger partial charge in [-0.25, -0.2) is 0 Å². The Hall–Kier alpha value is -0.860. The average Bonchev–Trinajstić information content (AvgIpc) is 2.33. The van der Waals surface area contributed by atoms with Crippen LogP contribution in [0.1, 0.15) is 6.42 Å². The number of carboxylic acids is 1. The fourth-order valence-corrected chi connectivity index (χ4v) is 3.18. The quantitative estimate of drug-likeness (QED) is 0.582. The van der Waals surface area contributed by atoms with E-state index in [9.17, 15) is 9.59 Å². The van der Waals surface area contributed by atoms with Crippen LogP contribution < -0.4 is 0 Å². The van der Waals surface area contributed by atoms with Crippen molar-refractivity contribution >= 4 is 11.8 Å². The molecule has 11 heavy (non-hydrogen) atoms. The fraction of sp³-hybridized carbons (Fsp3) is 0.750. The van der Waals surface area contributed by atoms with E-state index in [1.54, 1.807) is 0 Å². The largest absolute Gasteiger partial charge is 0.481 e. The molecule has 4 aliphatic carbocycles. The highest BCUT2D eigenvalue weighted by Crippen LogP contribution is 2.71. The molecule has 0 heterocycles. The van der Waals surface area contributed by atoms with Crippen LogP contribution in [0.15, 0.2) is 0 Å². The molecule has 0 aromatic carbocycles. The van der Waals surface area contributed by atoms with E-state index < -0.39 is 5.97 Å². The Kier molecular flexibility index (Phi) is 0.708. The summed E-state index contributed by atoms with van der Waals surface area (Å²) in [5.41, 5.74) is 0. The van der Waals surface area contributed by atoms with Crippen molar-refractivity contribution < 1.29 is 14.7 Å². The second-order valence-electron chi connectivity index (χ2n) is 3.88. The third-order valence-corrected chi connectivity index (χ3v) is 3.58. The highest BCUT2D eigenvalue weighted by atomic mass is 16.4.